The Bertz CT molecular complexity index is 658. The third-order valence-corrected chi connectivity index (χ3v) is 2.82. The Morgan fingerprint density at radius 2 is 0.957 bits per heavy atom. The Morgan fingerprint density at radius 1 is 0.609 bits per heavy atom. The molecule has 0 aliphatic heterocycles. The molecule has 23 heavy (non-hydrogen) atoms. The minimum atomic E-state index is -1.17. The van der Waals surface area contributed by atoms with Gasteiger partial charge in [-0.15, -0.1) is 0 Å². The molecule has 2 aromatic rings. The minimum Gasteiger partial charge on any atom is -0.422 e. The predicted molar refractivity (Wildman–Crippen MR) is 78.6 cm³/mol. The minimum absolute atomic E-state index is 0.157. The lowest BCUT2D eigenvalue weighted by Gasteiger charge is -2.05. The normalized spacial score (nSPS) is 9.74. The summed E-state index contributed by atoms with van der Waals surface area (Å²) in [5, 5.41) is 0. The third-order valence-electron chi connectivity index (χ3n) is 2.82. The fraction of sp³-hybridized carbons (Fsp3) is 0.0588. The topological polar surface area (TPSA) is 86.7 Å². The highest BCUT2D eigenvalue weighted by Crippen LogP contribution is 2.03. The van der Waals surface area contributed by atoms with Gasteiger partial charge < -0.3 is 9.47 Å². The van der Waals surface area contributed by atoms with Crippen molar-refractivity contribution in [1.29, 1.82) is 0 Å². The van der Waals surface area contributed by atoms with Crippen molar-refractivity contribution in [3.63, 3.8) is 0 Å². The van der Waals surface area contributed by atoms with E-state index in [1.807, 2.05) is 0 Å². The van der Waals surface area contributed by atoms with Gasteiger partial charge in [0.1, 0.15) is 0 Å². The molecule has 0 aromatic heterocycles. The van der Waals surface area contributed by atoms with Crippen molar-refractivity contribution in [1.82, 2.24) is 0 Å². The number of benzene rings is 2. The van der Waals surface area contributed by atoms with Crippen LogP contribution in [0.5, 0.6) is 0 Å². The average molecular weight is 312 g/mol. The lowest BCUT2D eigenvalue weighted by molar-refractivity contribution is -0.160. The maximum absolute atomic E-state index is 11.7. The summed E-state index contributed by atoms with van der Waals surface area (Å²) < 4.78 is 9.06. The fourth-order valence-electron chi connectivity index (χ4n) is 1.68. The zero-order chi connectivity index (χ0) is 16.7. The summed E-state index contributed by atoms with van der Waals surface area (Å²) in [5.41, 5.74) is 0.313. The van der Waals surface area contributed by atoms with Gasteiger partial charge in [-0.1, -0.05) is 60.7 Å². The lowest BCUT2D eigenvalue weighted by atomic mass is 10.1. The molecule has 0 saturated heterocycles. The molecule has 0 aliphatic carbocycles. The molecule has 0 N–H and O–H groups in total. The highest BCUT2D eigenvalue weighted by atomic mass is 16.7. The molecule has 0 fully saturated rings. The Kier molecular flexibility index (Phi) is 5.35. The number of hydrogen-bond donors (Lipinski definition) is 0. The summed E-state index contributed by atoms with van der Waals surface area (Å²) in [5.74, 6) is -4.07. The van der Waals surface area contributed by atoms with E-state index in [4.69, 9.17) is 0 Å². The van der Waals surface area contributed by atoms with Crippen molar-refractivity contribution in [2.24, 2.45) is 0 Å². The first-order valence-electron chi connectivity index (χ1n) is 6.62. The second kappa shape index (κ2) is 7.65. The molecule has 0 saturated carbocycles. The number of Topliss-reactive ketones (excluding diaryl/α,β-unsaturated/α-hetero) is 2. The molecule has 0 heterocycles. The highest BCUT2D eigenvalue weighted by molar-refractivity contribution is 6.41. The molecule has 0 amide bonds. The largest absolute Gasteiger partial charge is 0.422 e. The van der Waals surface area contributed by atoms with Crippen LogP contribution in [0.15, 0.2) is 60.7 Å². The van der Waals surface area contributed by atoms with Crippen LogP contribution < -0.4 is 0 Å². The zero-order valence-electron chi connectivity index (χ0n) is 11.9. The van der Waals surface area contributed by atoms with Crippen LogP contribution >= 0.6 is 0 Å². The smallest absolute Gasteiger partial charge is 0.382 e. The van der Waals surface area contributed by atoms with Crippen molar-refractivity contribution in [3.8, 4) is 0 Å². The van der Waals surface area contributed by atoms with Gasteiger partial charge in [0.2, 0.25) is 6.79 Å². The first kappa shape index (κ1) is 16.1. The monoisotopic (exact) mass is 312 g/mol. The number of hydrogen-bond acceptors (Lipinski definition) is 6. The second-order valence-electron chi connectivity index (χ2n) is 4.37. The molecule has 0 atom stereocenters. The summed E-state index contributed by atoms with van der Waals surface area (Å²) >= 11 is 0. The van der Waals surface area contributed by atoms with Crippen LogP contribution in [-0.4, -0.2) is 30.3 Å². The van der Waals surface area contributed by atoms with Crippen molar-refractivity contribution < 1.29 is 28.7 Å². The van der Waals surface area contributed by atoms with Gasteiger partial charge in [-0.3, -0.25) is 9.59 Å². The second-order valence-corrected chi connectivity index (χ2v) is 4.37. The predicted octanol–water partition coefficient (Wildman–Crippen LogP) is 1.80. The van der Waals surface area contributed by atoms with Crippen LogP contribution in [-0.2, 0) is 19.1 Å². The van der Waals surface area contributed by atoms with Gasteiger partial charge >= 0.3 is 11.9 Å². The van der Waals surface area contributed by atoms with E-state index >= 15 is 0 Å². The molecule has 0 spiro atoms. The van der Waals surface area contributed by atoms with E-state index in [0.717, 1.165) is 0 Å². The maximum Gasteiger partial charge on any atom is 0.382 e. The summed E-state index contributed by atoms with van der Waals surface area (Å²) in [6.45, 7) is -0.811. The molecule has 6 nitrogen and oxygen atoms in total. The summed E-state index contributed by atoms with van der Waals surface area (Å²) in [7, 11) is 0. The molecule has 116 valence electrons. The molecule has 0 bridgehead atoms. The Morgan fingerprint density at radius 3 is 1.30 bits per heavy atom. The molecule has 0 aliphatic rings. The summed E-state index contributed by atoms with van der Waals surface area (Å²) in [6.07, 6.45) is 0. The Hall–Kier alpha value is -3.28. The average Bonchev–Trinajstić information content (AvgIpc) is 2.61. The Balaban J connectivity index is 1.83. The van der Waals surface area contributed by atoms with Crippen LogP contribution in [0.25, 0.3) is 0 Å². The fourth-order valence-corrected chi connectivity index (χ4v) is 1.68. The van der Waals surface area contributed by atoms with E-state index < -0.39 is 30.3 Å². The lowest BCUT2D eigenvalue weighted by Crippen LogP contribution is -2.23. The van der Waals surface area contributed by atoms with E-state index in [2.05, 4.69) is 9.47 Å². The van der Waals surface area contributed by atoms with Crippen molar-refractivity contribution >= 4 is 23.5 Å². The SMILES string of the molecule is O=C(OCOC(=O)C(=O)c1ccccc1)C(=O)c1ccccc1. The van der Waals surface area contributed by atoms with Gasteiger partial charge in [-0.2, -0.15) is 0 Å². The van der Waals surface area contributed by atoms with E-state index in [1.54, 1.807) is 36.4 Å². The van der Waals surface area contributed by atoms with Crippen LogP contribution in [0.2, 0.25) is 0 Å². The van der Waals surface area contributed by atoms with Gasteiger partial charge in [-0.05, 0) is 0 Å². The van der Waals surface area contributed by atoms with Crippen LogP contribution in [0.1, 0.15) is 20.7 Å². The standard InChI is InChI=1S/C17H12O6/c18-14(12-7-3-1-4-8-12)16(20)22-11-23-17(21)15(19)13-9-5-2-6-10-13/h1-10H,11H2. The molecule has 6 heteroatoms. The van der Waals surface area contributed by atoms with Gasteiger partial charge in [0.15, 0.2) is 0 Å². The van der Waals surface area contributed by atoms with E-state index in [1.165, 1.54) is 24.3 Å². The molecule has 0 radical (unpaired) electrons. The van der Waals surface area contributed by atoms with Crippen LogP contribution in [0, 0.1) is 0 Å². The number of carbonyl (C=O) groups excluding carboxylic acids is 4. The quantitative estimate of drug-likeness (QED) is 0.350. The Labute approximate surface area is 131 Å². The first-order valence-corrected chi connectivity index (χ1v) is 6.62. The van der Waals surface area contributed by atoms with E-state index in [-0.39, 0.29) is 11.1 Å². The number of carbonyl (C=O) groups is 4. The molecular weight excluding hydrogens is 300 g/mol. The van der Waals surface area contributed by atoms with Crippen molar-refractivity contribution in [2.45, 2.75) is 0 Å². The number of rotatable bonds is 6. The molecule has 0 unspecified atom stereocenters. The van der Waals surface area contributed by atoms with Crippen LogP contribution in [0.3, 0.4) is 0 Å². The zero-order valence-corrected chi connectivity index (χ0v) is 11.9. The van der Waals surface area contributed by atoms with Gasteiger partial charge in [0, 0.05) is 11.1 Å². The highest BCUT2D eigenvalue weighted by Gasteiger charge is 2.20. The summed E-state index contributed by atoms with van der Waals surface area (Å²) in [6, 6.07) is 15.6. The number of esters is 2. The number of ketones is 2. The van der Waals surface area contributed by atoms with Crippen molar-refractivity contribution in [2.75, 3.05) is 6.79 Å². The van der Waals surface area contributed by atoms with Crippen LogP contribution in [0.4, 0.5) is 0 Å². The maximum atomic E-state index is 11.7. The van der Waals surface area contributed by atoms with Crippen molar-refractivity contribution in [3.05, 3.63) is 71.8 Å². The molecule has 2 rings (SSSR count). The first-order chi connectivity index (χ1) is 11.1. The van der Waals surface area contributed by atoms with E-state index in [9.17, 15) is 19.2 Å². The van der Waals surface area contributed by atoms with Gasteiger partial charge in [0.05, 0.1) is 0 Å². The van der Waals surface area contributed by atoms with E-state index in [0.29, 0.717) is 0 Å². The summed E-state index contributed by atoms with van der Waals surface area (Å²) in [4.78, 5) is 46.4. The van der Waals surface area contributed by atoms with Gasteiger partial charge in [0.25, 0.3) is 11.6 Å². The third kappa shape index (κ3) is 4.34. The number of ether oxygens (including phenoxy) is 2. The molecule has 2 aromatic carbocycles. The van der Waals surface area contributed by atoms with Gasteiger partial charge in [-0.25, -0.2) is 9.59 Å². The molecular formula is C17H12O6.